The number of hydrogen-bond donors (Lipinski definition) is 1. The van der Waals surface area contributed by atoms with Crippen molar-refractivity contribution in [3.63, 3.8) is 0 Å². The smallest absolute Gasteiger partial charge is 0.309 e. The van der Waals surface area contributed by atoms with Crippen LogP contribution in [0.5, 0.6) is 5.75 Å². The second-order valence-electron chi connectivity index (χ2n) is 3.43. The van der Waals surface area contributed by atoms with E-state index in [1.165, 1.54) is 0 Å². The molecule has 1 rings (SSSR count). The number of benzene rings is 1. The lowest BCUT2D eigenvalue weighted by atomic mass is 10.3. The van der Waals surface area contributed by atoms with Crippen LogP contribution in [-0.2, 0) is 9.53 Å². The molecule has 0 radical (unpaired) electrons. The Labute approximate surface area is 99.5 Å². The predicted octanol–water partition coefficient (Wildman–Crippen LogP) is 1.94. The largest absolute Gasteiger partial charge is 0.493 e. The highest BCUT2D eigenvalue weighted by Gasteiger charge is 2.03. The zero-order valence-electron chi connectivity index (χ0n) is 9.52. The summed E-state index contributed by atoms with van der Waals surface area (Å²) in [5.74, 6) is 0.226. The number of anilines is 1. The molecule has 2 N–H and O–H groups in total. The van der Waals surface area contributed by atoms with Crippen LogP contribution in [-0.4, -0.2) is 25.9 Å². The van der Waals surface area contributed by atoms with Crippen LogP contribution in [0.15, 0.2) is 24.3 Å². The number of nitrogen functional groups attached to an aromatic ring is 1. The van der Waals surface area contributed by atoms with Gasteiger partial charge in [-0.15, -0.1) is 0 Å². The molecule has 0 aliphatic heterocycles. The fraction of sp³-hybridized carbons (Fsp3) is 0.417. The molecule has 0 aliphatic carbocycles. The number of halogens is 1. The number of esters is 1. The highest BCUT2D eigenvalue weighted by Crippen LogP contribution is 2.14. The second-order valence-corrected chi connectivity index (χ2v) is 3.43. The van der Waals surface area contributed by atoms with Gasteiger partial charge in [-0.1, -0.05) is 6.07 Å². The molecule has 1 aromatic rings. The summed E-state index contributed by atoms with van der Waals surface area (Å²) >= 11 is 0. The maximum Gasteiger partial charge on any atom is 0.309 e. The Hall–Kier alpha value is -1.78. The molecule has 94 valence electrons. The first-order valence-corrected chi connectivity index (χ1v) is 5.42. The van der Waals surface area contributed by atoms with Crippen molar-refractivity contribution in [1.82, 2.24) is 0 Å². The summed E-state index contributed by atoms with van der Waals surface area (Å²) in [6.45, 7) is -0.140. The lowest BCUT2D eigenvalue weighted by Gasteiger charge is -2.06. The Morgan fingerprint density at radius 1 is 1.35 bits per heavy atom. The van der Waals surface area contributed by atoms with E-state index < -0.39 is 6.67 Å². The first-order chi connectivity index (χ1) is 8.22. The van der Waals surface area contributed by atoms with Gasteiger partial charge in [0.25, 0.3) is 0 Å². The molecule has 0 unspecified atom stereocenters. The Bertz CT molecular complexity index is 357. The quantitative estimate of drug-likeness (QED) is 0.450. The molecule has 17 heavy (non-hydrogen) atoms. The van der Waals surface area contributed by atoms with Crippen LogP contribution < -0.4 is 10.5 Å². The standard InChI is InChI=1S/C12H16FNO3/c13-6-2-7-17-12(15)5-8-16-11-4-1-3-10(14)9-11/h1,3-4,9H,2,5-8,14H2. The van der Waals surface area contributed by atoms with E-state index >= 15 is 0 Å². The summed E-state index contributed by atoms with van der Waals surface area (Å²) in [4.78, 5) is 11.1. The number of carbonyl (C=O) groups is 1. The lowest BCUT2D eigenvalue weighted by molar-refractivity contribution is -0.144. The predicted molar refractivity (Wildman–Crippen MR) is 62.5 cm³/mol. The summed E-state index contributed by atoms with van der Waals surface area (Å²) in [5.41, 5.74) is 6.17. The minimum atomic E-state index is -0.479. The summed E-state index contributed by atoms with van der Waals surface area (Å²) in [5, 5.41) is 0. The van der Waals surface area contributed by atoms with Crippen LogP contribution in [0.25, 0.3) is 0 Å². The Morgan fingerprint density at radius 3 is 2.88 bits per heavy atom. The van der Waals surface area contributed by atoms with Gasteiger partial charge in [0.1, 0.15) is 5.75 Å². The number of carbonyl (C=O) groups excluding carboxylic acids is 1. The molecule has 0 amide bonds. The zero-order valence-corrected chi connectivity index (χ0v) is 9.52. The summed E-state index contributed by atoms with van der Waals surface area (Å²) < 4.78 is 21.8. The molecule has 0 atom stereocenters. The van der Waals surface area contributed by atoms with Gasteiger partial charge < -0.3 is 15.2 Å². The minimum Gasteiger partial charge on any atom is -0.493 e. The van der Waals surface area contributed by atoms with Gasteiger partial charge in [0.05, 0.1) is 26.3 Å². The van der Waals surface area contributed by atoms with E-state index in [1.54, 1.807) is 24.3 Å². The van der Waals surface area contributed by atoms with Crippen LogP contribution in [0, 0.1) is 0 Å². The van der Waals surface area contributed by atoms with Crippen LogP contribution in [0.1, 0.15) is 12.8 Å². The van der Waals surface area contributed by atoms with Gasteiger partial charge in [0.15, 0.2) is 0 Å². The van der Waals surface area contributed by atoms with Crippen molar-refractivity contribution in [2.24, 2.45) is 0 Å². The normalized spacial score (nSPS) is 9.94. The first kappa shape index (κ1) is 13.3. The summed E-state index contributed by atoms with van der Waals surface area (Å²) in [7, 11) is 0. The van der Waals surface area contributed by atoms with Gasteiger partial charge >= 0.3 is 5.97 Å². The van der Waals surface area contributed by atoms with Crippen molar-refractivity contribution in [2.75, 3.05) is 25.6 Å². The van der Waals surface area contributed by atoms with Gasteiger partial charge in [-0.05, 0) is 12.1 Å². The van der Waals surface area contributed by atoms with Crippen molar-refractivity contribution in [3.05, 3.63) is 24.3 Å². The average molecular weight is 241 g/mol. The molecular weight excluding hydrogens is 225 g/mol. The Balaban J connectivity index is 2.17. The molecule has 5 heteroatoms. The van der Waals surface area contributed by atoms with Crippen molar-refractivity contribution >= 4 is 11.7 Å². The zero-order chi connectivity index (χ0) is 12.5. The van der Waals surface area contributed by atoms with Crippen LogP contribution in [0.2, 0.25) is 0 Å². The molecule has 0 saturated heterocycles. The van der Waals surface area contributed by atoms with E-state index in [1.807, 2.05) is 0 Å². The van der Waals surface area contributed by atoms with Gasteiger partial charge in [-0.25, -0.2) is 0 Å². The van der Waals surface area contributed by atoms with Crippen molar-refractivity contribution < 1.29 is 18.7 Å². The third-order valence-corrected chi connectivity index (χ3v) is 1.97. The van der Waals surface area contributed by atoms with E-state index in [-0.39, 0.29) is 32.0 Å². The molecule has 4 nitrogen and oxygen atoms in total. The van der Waals surface area contributed by atoms with E-state index in [4.69, 9.17) is 15.2 Å². The van der Waals surface area contributed by atoms with Gasteiger partial charge in [0, 0.05) is 18.2 Å². The van der Waals surface area contributed by atoms with Gasteiger partial charge in [-0.3, -0.25) is 9.18 Å². The number of ether oxygens (including phenoxy) is 2. The van der Waals surface area contributed by atoms with Crippen molar-refractivity contribution in [3.8, 4) is 5.75 Å². The fourth-order valence-electron chi connectivity index (χ4n) is 1.17. The number of nitrogens with two attached hydrogens (primary N) is 1. The molecule has 0 saturated carbocycles. The average Bonchev–Trinajstić information content (AvgIpc) is 2.29. The monoisotopic (exact) mass is 241 g/mol. The molecule has 0 bridgehead atoms. The number of alkyl halides is 1. The van der Waals surface area contributed by atoms with Crippen molar-refractivity contribution in [2.45, 2.75) is 12.8 Å². The Morgan fingerprint density at radius 2 is 2.18 bits per heavy atom. The van der Waals surface area contributed by atoms with E-state index in [2.05, 4.69) is 0 Å². The summed E-state index contributed by atoms with van der Waals surface area (Å²) in [6, 6.07) is 6.95. The summed E-state index contributed by atoms with van der Waals surface area (Å²) in [6.07, 6.45) is 0.378. The van der Waals surface area contributed by atoms with E-state index in [9.17, 15) is 9.18 Å². The SMILES string of the molecule is Nc1cccc(OCCC(=O)OCCCF)c1. The molecule has 0 aliphatic rings. The molecular formula is C12H16FNO3. The topological polar surface area (TPSA) is 61.5 Å². The van der Waals surface area contributed by atoms with Gasteiger partial charge in [-0.2, -0.15) is 0 Å². The highest BCUT2D eigenvalue weighted by molar-refractivity contribution is 5.69. The molecule has 0 spiro atoms. The minimum absolute atomic E-state index is 0.119. The van der Waals surface area contributed by atoms with Gasteiger partial charge in [0.2, 0.25) is 0 Å². The van der Waals surface area contributed by atoms with E-state index in [0.717, 1.165) is 0 Å². The fourth-order valence-corrected chi connectivity index (χ4v) is 1.17. The number of rotatable bonds is 7. The van der Waals surface area contributed by atoms with Crippen LogP contribution in [0.4, 0.5) is 10.1 Å². The molecule has 1 aromatic carbocycles. The van der Waals surface area contributed by atoms with E-state index in [0.29, 0.717) is 11.4 Å². The second kappa shape index (κ2) is 7.49. The molecule has 0 aromatic heterocycles. The highest BCUT2D eigenvalue weighted by atomic mass is 19.1. The lowest BCUT2D eigenvalue weighted by Crippen LogP contribution is -2.11. The van der Waals surface area contributed by atoms with Crippen LogP contribution in [0.3, 0.4) is 0 Å². The van der Waals surface area contributed by atoms with Crippen molar-refractivity contribution in [1.29, 1.82) is 0 Å². The maximum absolute atomic E-state index is 11.7. The molecule has 0 heterocycles. The third kappa shape index (κ3) is 5.75. The van der Waals surface area contributed by atoms with Crippen LogP contribution >= 0.6 is 0 Å². The Kier molecular flexibility index (Phi) is 5.85. The first-order valence-electron chi connectivity index (χ1n) is 5.42. The number of hydrogen-bond acceptors (Lipinski definition) is 4. The molecule has 0 fully saturated rings. The maximum atomic E-state index is 11.7. The third-order valence-electron chi connectivity index (χ3n) is 1.97.